The number of aromatic nitrogens is 2. The van der Waals surface area contributed by atoms with Gasteiger partial charge in [-0.3, -0.25) is 9.55 Å². The lowest BCUT2D eigenvalue weighted by molar-refractivity contribution is 0.0544. The second-order valence-corrected chi connectivity index (χ2v) is 4.52. The molecular weight excluding hydrogens is 204 g/mol. The lowest BCUT2D eigenvalue weighted by Gasteiger charge is -2.19. The molecule has 0 aliphatic carbocycles. The van der Waals surface area contributed by atoms with Crippen molar-refractivity contribution >= 4 is 17.0 Å². The van der Waals surface area contributed by atoms with Crippen LogP contribution in [-0.4, -0.2) is 21.2 Å². The Kier molecular flexibility index (Phi) is 2.42. The molecule has 0 saturated carbocycles. The highest BCUT2D eigenvalue weighted by Gasteiger charge is 2.18. The lowest BCUT2D eigenvalue weighted by Crippen LogP contribution is -2.26. The summed E-state index contributed by atoms with van der Waals surface area (Å²) < 4.78 is 6.71. The third-order valence-corrected chi connectivity index (χ3v) is 2.01. The van der Waals surface area contributed by atoms with E-state index in [0.717, 1.165) is 5.39 Å². The fraction of sp³-hybridized carbons (Fsp3) is 0.333. The van der Waals surface area contributed by atoms with E-state index in [2.05, 4.69) is 11.1 Å². The largest absolute Gasteiger partial charge is 0.443 e. The van der Waals surface area contributed by atoms with Crippen LogP contribution in [0.4, 0.5) is 4.79 Å². The zero-order chi connectivity index (χ0) is 11.8. The first-order valence-electron chi connectivity index (χ1n) is 5.03. The molecule has 0 saturated heterocycles. The normalized spacial score (nSPS) is 11.7. The summed E-state index contributed by atoms with van der Waals surface area (Å²) in [5, 5.41) is 0.848. The van der Waals surface area contributed by atoms with Gasteiger partial charge in [0, 0.05) is 23.8 Å². The first kappa shape index (κ1) is 10.7. The Bertz CT molecular complexity index is 523. The smallest absolute Gasteiger partial charge is 0.419 e. The third-order valence-electron chi connectivity index (χ3n) is 2.01. The number of rotatable bonds is 0. The van der Waals surface area contributed by atoms with Crippen LogP contribution in [0.3, 0.4) is 0 Å². The van der Waals surface area contributed by atoms with E-state index in [-0.39, 0.29) is 0 Å². The van der Waals surface area contributed by atoms with Crippen molar-refractivity contribution in [1.29, 1.82) is 0 Å². The van der Waals surface area contributed by atoms with Gasteiger partial charge in [0.25, 0.3) is 0 Å². The molecule has 2 heterocycles. The SMILES string of the molecule is CC(C)(C)OC(=O)n1ccc2[c]cncc21. The van der Waals surface area contributed by atoms with E-state index in [9.17, 15) is 4.79 Å². The van der Waals surface area contributed by atoms with Gasteiger partial charge in [0.15, 0.2) is 0 Å². The van der Waals surface area contributed by atoms with Gasteiger partial charge in [0.05, 0.1) is 11.7 Å². The van der Waals surface area contributed by atoms with Crippen LogP contribution in [0.15, 0.2) is 24.7 Å². The number of hydrogen-bond donors (Lipinski definition) is 0. The van der Waals surface area contributed by atoms with E-state index < -0.39 is 11.7 Å². The van der Waals surface area contributed by atoms with Crippen molar-refractivity contribution in [1.82, 2.24) is 9.55 Å². The predicted octanol–water partition coefficient (Wildman–Crippen LogP) is 2.62. The Balaban J connectivity index is 2.37. The molecule has 0 unspecified atom stereocenters. The molecule has 4 nitrogen and oxygen atoms in total. The van der Waals surface area contributed by atoms with Crippen LogP contribution in [0.5, 0.6) is 0 Å². The Labute approximate surface area is 93.9 Å². The molecule has 0 fully saturated rings. The molecule has 0 aliphatic rings. The van der Waals surface area contributed by atoms with Crippen molar-refractivity contribution in [2.75, 3.05) is 0 Å². The van der Waals surface area contributed by atoms with Crippen molar-refractivity contribution in [3.63, 3.8) is 0 Å². The highest BCUT2D eigenvalue weighted by molar-refractivity contribution is 5.88. The van der Waals surface area contributed by atoms with Crippen molar-refractivity contribution in [2.24, 2.45) is 0 Å². The summed E-state index contributed by atoms with van der Waals surface area (Å²) >= 11 is 0. The van der Waals surface area contributed by atoms with Crippen LogP contribution in [0.1, 0.15) is 20.8 Å². The van der Waals surface area contributed by atoms with E-state index >= 15 is 0 Å². The summed E-state index contributed by atoms with van der Waals surface area (Å²) in [6.07, 6.45) is 4.46. The average molecular weight is 217 g/mol. The summed E-state index contributed by atoms with van der Waals surface area (Å²) in [4.78, 5) is 15.8. The molecule has 0 aromatic carbocycles. The van der Waals surface area contributed by atoms with E-state index in [1.54, 1.807) is 24.7 Å². The van der Waals surface area contributed by atoms with Crippen molar-refractivity contribution in [2.45, 2.75) is 26.4 Å². The molecule has 0 atom stereocenters. The fourth-order valence-electron chi connectivity index (χ4n) is 1.38. The van der Waals surface area contributed by atoms with E-state index in [4.69, 9.17) is 4.74 Å². The molecule has 0 aliphatic heterocycles. The highest BCUT2D eigenvalue weighted by atomic mass is 16.6. The summed E-state index contributed by atoms with van der Waals surface area (Å²) in [7, 11) is 0. The first-order chi connectivity index (χ1) is 7.47. The quantitative estimate of drug-likeness (QED) is 0.681. The number of fused-ring (bicyclic) bond motifs is 1. The van der Waals surface area contributed by atoms with E-state index in [0.29, 0.717) is 5.52 Å². The monoisotopic (exact) mass is 217 g/mol. The van der Waals surface area contributed by atoms with Gasteiger partial charge in [-0.2, -0.15) is 0 Å². The van der Waals surface area contributed by atoms with Gasteiger partial charge in [0.2, 0.25) is 0 Å². The van der Waals surface area contributed by atoms with Gasteiger partial charge in [-0.05, 0) is 26.8 Å². The molecule has 0 spiro atoms. The zero-order valence-electron chi connectivity index (χ0n) is 9.52. The highest BCUT2D eigenvalue weighted by Crippen LogP contribution is 2.16. The van der Waals surface area contributed by atoms with Crippen LogP contribution in [-0.2, 0) is 4.74 Å². The standard InChI is InChI=1S/C12H13N2O2/c1-12(2,3)16-11(15)14-7-5-9-4-6-13-8-10(9)14/h5-8H,1-3H3. The zero-order valence-corrected chi connectivity index (χ0v) is 9.52. The summed E-state index contributed by atoms with van der Waals surface area (Å²) in [5.74, 6) is 0. The Morgan fingerprint density at radius 2 is 2.25 bits per heavy atom. The molecule has 0 bridgehead atoms. The third kappa shape index (κ3) is 2.05. The van der Waals surface area contributed by atoms with Crippen LogP contribution in [0.2, 0.25) is 0 Å². The second-order valence-electron chi connectivity index (χ2n) is 4.52. The van der Waals surface area contributed by atoms with Gasteiger partial charge in [-0.1, -0.05) is 0 Å². The van der Waals surface area contributed by atoms with Crippen molar-refractivity contribution < 1.29 is 9.53 Å². The topological polar surface area (TPSA) is 44.1 Å². The summed E-state index contributed by atoms with van der Waals surface area (Å²) in [6, 6.07) is 4.76. The van der Waals surface area contributed by atoms with Gasteiger partial charge in [0.1, 0.15) is 5.60 Å². The number of ether oxygens (including phenoxy) is 1. The minimum atomic E-state index is -0.500. The molecule has 2 rings (SSSR count). The van der Waals surface area contributed by atoms with E-state index in [1.807, 2.05) is 20.8 Å². The van der Waals surface area contributed by atoms with Gasteiger partial charge < -0.3 is 4.74 Å². The van der Waals surface area contributed by atoms with Gasteiger partial charge >= 0.3 is 6.09 Å². The lowest BCUT2D eigenvalue weighted by atomic mass is 10.2. The number of nitrogens with zero attached hydrogens (tertiary/aromatic N) is 2. The van der Waals surface area contributed by atoms with Crippen molar-refractivity contribution in [3.05, 3.63) is 30.7 Å². The number of pyridine rings is 1. The van der Waals surface area contributed by atoms with Crippen LogP contribution < -0.4 is 0 Å². The first-order valence-corrected chi connectivity index (χ1v) is 5.03. The Hall–Kier alpha value is -1.84. The van der Waals surface area contributed by atoms with Crippen molar-refractivity contribution in [3.8, 4) is 0 Å². The molecule has 16 heavy (non-hydrogen) atoms. The van der Waals surface area contributed by atoms with Gasteiger partial charge in [-0.15, -0.1) is 0 Å². The summed E-state index contributed by atoms with van der Waals surface area (Å²) in [5.41, 5.74) is 0.205. The van der Waals surface area contributed by atoms with E-state index in [1.165, 1.54) is 4.57 Å². The van der Waals surface area contributed by atoms with Crippen LogP contribution >= 0.6 is 0 Å². The maximum Gasteiger partial charge on any atom is 0.419 e. The number of carbonyl (C=O) groups excluding carboxylic acids is 1. The Morgan fingerprint density at radius 3 is 2.94 bits per heavy atom. The molecular formula is C12H13N2O2. The van der Waals surface area contributed by atoms with Crippen LogP contribution in [0, 0.1) is 6.07 Å². The number of carbonyl (C=O) groups is 1. The molecule has 83 valence electrons. The second kappa shape index (κ2) is 3.63. The minimum Gasteiger partial charge on any atom is -0.443 e. The van der Waals surface area contributed by atoms with Gasteiger partial charge in [-0.25, -0.2) is 4.79 Å². The number of hydrogen-bond acceptors (Lipinski definition) is 3. The maximum absolute atomic E-state index is 11.8. The molecule has 2 aromatic rings. The fourth-order valence-corrected chi connectivity index (χ4v) is 1.38. The Morgan fingerprint density at radius 1 is 1.50 bits per heavy atom. The molecule has 2 aromatic heterocycles. The molecule has 0 N–H and O–H groups in total. The average Bonchev–Trinajstić information content (AvgIpc) is 2.58. The molecule has 0 amide bonds. The molecule has 4 heteroatoms. The summed E-state index contributed by atoms with van der Waals surface area (Å²) in [6.45, 7) is 5.50. The molecule has 1 radical (unpaired) electrons. The minimum absolute atomic E-state index is 0.399. The van der Waals surface area contributed by atoms with Crippen LogP contribution in [0.25, 0.3) is 10.9 Å². The predicted molar refractivity (Wildman–Crippen MR) is 60.2 cm³/mol. The maximum atomic E-state index is 11.8.